The molecule has 4 heteroatoms. The molecule has 0 radical (unpaired) electrons. The summed E-state index contributed by atoms with van der Waals surface area (Å²) in [4.78, 5) is 18.2. The summed E-state index contributed by atoms with van der Waals surface area (Å²) in [5.74, 6) is 0.799. The normalized spacial score (nSPS) is 13.2. The SMILES string of the molecule is COc1cccc2c1CN(C(=O)c1ccccn1)C2. The van der Waals surface area contributed by atoms with Crippen LogP contribution in [-0.2, 0) is 13.1 Å². The lowest BCUT2D eigenvalue weighted by Gasteiger charge is -2.14. The Morgan fingerprint density at radius 2 is 2.11 bits per heavy atom. The summed E-state index contributed by atoms with van der Waals surface area (Å²) in [7, 11) is 1.65. The van der Waals surface area contributed by atoms with Gasteiger partial charge in [-0.25, -0.2) is 0 Å². The summed E-state index contributed by atoms with van der Waals surface area (Å²) in [6, 6.07) is 11.3. The molecule has 2 heterocycles. The van der Waals surface area contributed by atoms with Gasteiger partial charge in [-0.2, -0.15) is 0 Å². The molecule has 1 aliphatic heterocycles. The van der Waals surface area contributed by atoms with Gasteiger partial charge in [0.1, 0.15) is 11.4 Å². The molecular weight excluding hydrogens is 240 g/mol. The van der Waals surface area contributed by atoms with Crippen LogP contribution in [0.25, 0.3) is 0 Å². The number of carbonyl (C=O) groups is 1. The number of aromatic nitrogens is 1. The number of carbonyl (C=O) groups excluding carboxylic acids is 1. The molecule has 4 nitrogen and oxygen atoms in total. The van der Waals surface area contributed by atoms with Crippen molar-refractivity contribution in [1.82, 2.24) is 9.88 Å². The predicted octanol–water partition coefficient (Wildman–Crippen LogP) is 2.25. The lowest BCUT2D eigenvalue weighted by atomic mass is 10.1. The molecule has 1 aromatic heterocycles. The van der Waals surface area contributed by atoms with E-state index in [2.05, 4.69) is 4.98 Å². The molecule has 96 valence electrons. The highest BCUT2D eigenvalue weighted by Crippen LogP contribution is 2.31. The van der Waals surface area contributed by atoms with Gasteiger partial charge < -0.3 is 9.64 Å². The second-order valence-corrected chi connectivity index (χ2v) is 4.47. The van der Waals surface area contributed by atoms with Gasteiger partial charge in [-0.3, -0.25) is 9.78 Å². The van der Waals surface area contributed by atoms with E-state index in [1.807, 2.05) is 24.3 Å². The third kappa shape index (κ3) is 2.05. The van der Waals surface area contributed by atoms with Gasteiger partial charge in [0.05, 0.1) is 13.7 Å². The predicted molar refractivity (Wildman–Crippen MR) is 70.8 cm³/mol. The molecule has 0 bridgehead atoms. The number of amides is 1. The lowest BCUT2D eigenvalue weighted by molar-refractivity contribution is 0.0745. The van der Waals surface area contributed by atoms with Gasteiger partial charge in [0.2, 0.25) is 0 Å². The van der Waals surface area contributed by atoms with E-state index in [1.54, 1.807) is 30.3 Å². The molecule has 3 rings (SSSR count). The zero-order valence-electron chi connectivity index (χ0n) is 10.7. The highest BCUT2D eigenvalue weighted by molar-refractivity contribution is 5.92. The van der Waals surface area contributed by atoms with Crippen molar-refractivity contribution in [3.05, 3.63) is 59.4 Å². The minimum absolute atomic E-state index is 0.0427. The molecule has 2 aromatic rings. The van der Waals surface area contributed by atoms with Crippen LogP contribution in [0.2, 0.25) is 0 Å². The van der Waals surface area contributed by atoms with E-state index in [0.717, 1.165) is 16.9 Å². The largest absolute Gasteiger partial charge is 0.496 e. The van der Waals surface area contributed by atoms with Crippen molar-refractivity contribution < 1.29 is 9.53 Å². The molecule has 0 saturated heterocycles. The maximum absolute atomic E-state index is 12.3. The Bertz CT molecular complexity index is 611. The van der Waals surface area contributed by atoms with E-state index in [-0.39, 0.29) is 5.91 Å². The summed E-state index contributed by atoms with van der Waals surface area (Å²) in [6.45, 7) is 1.19. The number of benzene rings is 1. The molecule has 19 heavy (non-hydrogen) atoms. The second-order valence-electron chi connectivity index (χ2n) is 4.47. The van der Waals surface area contributed by atoms with Crippen molar-refractivity contribution in [2.45, 2.75) is 13.1 Å². The van der Waals surface area contributed by atoms with Gasteiger partial charge in [0.25, 0.3) is 5.91 Å². The van der Waals surface area contributed by atoms with Crippen molar-refractivity contribution in [1.29, 1.82) is 0 Å². The highest BCUT2D eigenvalue weighted by Gasteiger charge is 2.26. The number of hydrogen-bond acceptors (Lipinski definition) is 3. The number of rotatable bonds is 2. The van der Waals surface area contributed by atoms with Crippen LogP contribution in [0.3, 0.4) is 0 Å². The zero-order valence-corrected chi connectivity index (χ0v) is 10.7. The standard InChI is InChI=1S/C15H14N2O2/c1-19-14-7-4-5-11-9-17(10-12(11)14)15(18)13-6-2-3-8-16-13/h2-8H,9-10H2,1H3. The van der Waals surface area contributed by atoms with Gasteiger partial charge in [-0.1, -0.05) is 18.2 Å². The van der Waals surface area contributed by atoms with Gasteiger partial charge in [0.15, 0.2) is 0 Å². The number of pyridine rings is 1. The molecule has 0 atom stereocenters. The van der Waals surface area contributed by atoms with Crippen molar-refractivity contribution in [3.63, 3.8) is 0 Å². The van der Waals surface area contributed by atoms with Crippen LogP contribution < -0.4 is 4.74 Å². The fraction of sp³-hybridized carbons (Fsp3) is 0.200. The topological polar surface area (TPSA) is 42.4 Å². The minimum Gasteiger partial charge on any atom is -0.496 e. The first-order valence-electron chi connectivity index (χ1n) is 6.14. The van der Waals surface area contributed by atoms with Crippen LogP contribution in [0, 0.1) is 0 Å². The van der Waals surface area contributed by atoms with Crippen LogP contribution in [0.5, 0.6) is 5.75 Å². The number of hydrogen-bond donors (Lipinski definition) is 0. The van der Waals surface area contributed by atoms with Gasteiger partial charge in [0, 0.05) is 18.3 Å². The quantitative estimate of drug-likeness (QED) is 0.825. The Labute approximate surface area is 111 Å². The molecule has 0 saturated carbocycles. The van der Waals surface area contributed by atoms with Crippen molar-refractivity contribution in [2.24, 2.45) is 0 Å². The Morgan fingerprint density at radius 3 is 2.84 bits per heavy atom. The Kier molecular flexibility index (Phi) is 2.91. The maximum Gasteiger partial charge on any atom is 0.273 e. The van der Waals surface area contributed by atoms with Crippen LogP contribution >= 0.6 is 0 Å². The van der Waals surface area contributed by atoms with Crippen molar-refractivity contribution >= 4 is 5.91 Å². The molecule has 0 aliphatic carbocycles. The van der Waals surface area contributed by atoms with Crippen LogP contribution in [0.4, 0.5) is 0 Å². The van der Waals surface area contributed by atoms with Crippen molar-refractivity contribution in [2.75, 3.05) is 7.11 Å². The van der Waals surface area contributed by atoms with Gasteiger partial charge in [-0.05, 0) is 23.8 Å². The van der Waals surface area contributed by atoms with Gasteiger partial charge in [-0.15, -0.1) is 0 Å². The van der Waals surface area contributed by atoms with E-state index < -0.39 is 0 Å². The van der Waals surface area contributed by atoms with Crippen LogP contribution in [-0.4, -0.2) is 22.9 Å². The number of fused-ring (bicyclic) bond motifs is 1. The molecule has 0 unspecified atom stereocenters. The van der Waals surface area contributed by atoms with E-state index in [4.69, 9.17) is 4.74 Å². The van der Waals surface area contributed by atoms with Gasteiger partial charge >= 0.3 is 0 Å². The smallest absolute Gasteiger partial charge is 0.273 e. The monoisotopic (exact) mass is 254 g/mol. The number of methoxy groups -OCH3 is 1. The summed E-state index contributed by atoms with van der Waals surface area (Å²) in [5.41, 5.74) is 2.71. The van der Waals surface area contributed by atoms with E-state index in [1.165, 1.54) is 0 Å². The first-order valence-corrected chi connectivity index (χ1v) is 6.14. The highest BCUT2D eigenvalue weighted by atomic mass is 16.5. The number of nitrogens with zero attached hydrogens (tertiary/aromatic N) is 2. The minimum atomic E-state index is -0.0427. The van der Waals surface area contributed by atoms with E-state index in [9.17, 15) is 4.79 Å². The van der Waals surface area contributed by atoms with Crippen LogP contribution in [0.1, 0.15) is 21.6 Å². The summed E-state index contributed by atoms with van der Waals surface area (Å²) in [6.07, 6.45) is 1.64. The first-order chi connectivity index (χ1) is 9.29. The molecule has 0 fully saturated rings. The molecule has 1 aliphatic rings. The Balaban J connectivity index is 1.86. The Morgan fingerprint density at radius 1 is 1.21 bits per heavy atom. The molecular formula is C15H14N2O2. The molecule has 0 spiro atoms. The summed E-state index contributed by atoms with van der Waals surface area (Å²) in [5, 5.41) is 0. The Hall–Kier alpha value is -2.36. The maximum atomic E-state index is 12.3. The third-order valence-electron chi connectivity index (χ3n) is 3.33. The second kappa shape index (κ2) is 4.72. The van der Waals surface area contributed by atoms with E-state index >= 15 is 0 Å². The molecule has 0 N–H and O–H groups in total. The lowest BCUT2D eigenvalue weighted by Crippen LogP contribution is -2.26. The molecule has 1 amide bonds. The third-order valence-corrected chi connectivity index (χ3v) is 3.33. The number of ether oxygens (including phenoxy) is 1. The summed E-state index contributed by atoms with van der Waals surface area (Å²) >= 11 is 0. The summed E-state index contributed by atoms with van der Waals surface area (Å²) < 4.78 is 5.34. The fourth-order valence-corrected chi connectivity index (χ4v) is 2.38. The first kappa shape index (κ1) is 11.7. The zero-order chi connectivity index (χ0) is 13.2. The fourth-order valence-electron chi connectivity index (χ4n) is 2.38. The molecule has 1 aromatic carbocycles. The van der Waals surface area contributed by atoms with Crippen molar-refractivity contribution in [3.8, 4) is 5.75 Å². The van der Waals surface area contributed by atoms with Crippen LogP contribution in [0.15, 0.2) is 42.6 Å². The average Bonchev–Trinajstić information content (AvgIpc) is 2.91. The van der Waals surface area contributed by atoms with E-state index in [0.29, 0.717) is 18.8 Å². The average molecular weight is 254 g/mol.